The Morgan fingerprint density at radius 3 is 2.86 bits per heavy atom. The van der Waals surface area contributed by atoms with Crippen molar-refractivity contribution in [2.24, 2.45) is 5.73 Å². The highest BCUT2D eigenvalue weighted by atomic mass is 35.5. The van der Waals surface area contributed by atoms with E-state index in [1.54, 1.807) is 13.0 Å². The average molecular weight is 230 g/mol. The van der Waals surface area contributed by atoms with E-state index in [1.165, 1.54) is 11.3 Å². The zero-order valence-corrected chi connectivity index (χ0v) is 8.97. The minimum atomic E-state index is -0.220. The molecule has 0 aliphatic carbocycles. The van der Waals surface area contributed by atoms with Crippen LogP contribution < -0.4 is 5.73 Å². The summed E-state index contributed by atoms with van der Waals surface area (Å²) in [7, 11) is 0. The molecule has 0 amide bonds. The molecule has 2 aromatic rings. The van der Waals surface area contributed by atoms with Gasteiger partial charge in [-0.25, -0.2) is 0 Å². The molecule has 6 heteroatoms. The molecule has 0 bridgehead atoms. The van der Waals surface area contributed by atoms with Crippen LogP contribution >= 0.6 is 22.9 Å². The molecule has 0 saturated heterocycles. The Bertz CT molecular complexity index is 437. The van der Waals surface area contributed by atoms with Gasteiger partial charge in [0.25, 0.3) is 5.89 Å². The van der Waals surface area contributed by atoms with Gasteiger partial charge in [0, 0.05) is 0 Å². The maximum absolute atomic E-state index is 5.78. The van der Waals surface area contributed by atoms with Crippen molar-refractivity contribution in [2.75, 3.05) is 0 Å². The van der Waals surface area contributed by atoms with Gasteiger partial charge in [-0.3, -0.25) is 0 Å². The normalized spacial score (nSPS) is 13.1. The summed E-state index contributed by atoms with van der Waals surface area (Å²) >= 11 is 7.18. The van der Waals surface area contributed by atoms with Crippen molar-refractivity contribution in [3.63, 3.8) is 0 Å². The highest BCUT2D eigenvalue weighted by molar-refractivity contribution is 7.19. The van der Waals surface area contributed by atoms with Gasteiger partial charge in [0.15, 0.2) is 5.82 Å². The molecule has 74 valence electrons. The van der Waals surface area contributed by atoms with Gasteiger partial charge in [0.1, 0.15) is 0 Å². The average Bonchev–Trinajstić information content (AvgIpc) is 2.70. The lowest BCUT2D eigenvalue weighted by molar-refractivity contribution is 0.419. The summed E-state index contributed by atoms with van der Waals surface area (Å²) in [5.41, 5.74) is 5.60. The summed E-state index contributed by atoms with van der Waals surface area (Å²) in [6.07, 6.45) is 0. The van der Waals surface area contributed by atoms with Crippen molar-refractivity contribution in [1.29, 1.82) is 0 Å². The maximum atomic E-state index is 5.78. The summed E-state index contributed by atoms with van der Waals surface area (Å²) in [6.45, 7) is 1.80. The molecule has 2 aromatic heterocycles. The van der Waals surface area contributed by atoms with Gasteiger partial charge in [-0.1, -0.05) is 16.8 Å². The number of thiophene rings is 1. The van der Waals surface area contributed by atoms with Crippen molar-refractivity contribution >= 4 is 22.9 Å². The van der Waals surface area contributed by atoms with E-state index in [1.807, 2.05) is 6.07 Å². The van der Waals surface area contributed by atoms with Crippen LogP contribution in [0.25, 0.3) is 10.8 Å². The molecule has 1 atom stereocenters. The number of rotatable bonds is 2. The van der Waals surface area contributed by atoms with Crippen molar-refractivity contribution < 1.29 is 4.52 Å². The SMILES string of the molecule is CC(N)c1noc(-c2ccc(Cl)s2)n1. The van der Waals surface area contributed by atoms with Crippen LogP contribution in [0.2, 0.25) is 4.34 Å². The van der Waals surface area contributed by atoms with Crippen LogP contribution in [0.1, 0.15) is 18.8 Å². The van der Waals surface area contributed by atoms with Crippen LogP contribution in [0.5, 0.6) is 0 Å². The van der Waals surface area contributed by atoms with Gasteiger partial charge in [0.2, 0.25) is 0 Å². The van der Waals surface area contributed by atoms with Crippen LogP contribution in [0, 0.1) is 0 Å². The van der Waals surface area contributed by atoms with Crippen LogP contribution in [0.4, 0.5) is 0 Å². The monoisotopic (exact) mass is 229 g/mol. The first kappa shape index (κ1) is 9.64. The van der Waals surface area contributed by atoms with Crippen molar-refractivity contribution in [3.05, 3.63) is 22.3 Å². The summed E-state index contributed by atoms with van der Waals surface area (Å²) < 4.78 is 5.73. The number of nitrogens with zero attached hydrogens (tertiary/aromatic N) is 2. The van der Waals surface area contributed by atoms with E-state index in [0.717, 1.165) is 4.88 Å². The third-order valence-corrected chi connectivity index (χ3v) is 2.85. The number of hydrogen-bond donors (Lipinski definition) is 1. The minimum absolute atomic E-state index is 0.220. The van der Waals surface area contributed by atoms with Gasteiger partial charge >= 0.3 is 0 Å². The first-order chi connectivity index (χ1) is 6.66. The fraction of sp³-hybridized carbons (Fsp3) is 0.250. The Labute approximate surface area is 89.7 Å². The van der Waals surface area contributed by atoms with Crippen molar-refractivity contribution in [2.45, 2.75) is 13.0 Å². The first-order valence-corrected chi connectivity index (χ1v) is 5.21. The third kappa shape index (κ3) is 1.79. The fourth-order valence-electron chi connectivity index (χ4n) is 0.949. The summed E-state index contributed by atoms with van der Waals surface area (Å²) in [6, 6.07) is 3.41. The van der Waals surface area contributed by atoms with Crippen molar-refractivity contribution in [3.8, 4) is 10.8 Å². The van der Waals surface area contributed by atoms with E-state index in [2.05, 4.69) is 10.1 Å². The van der Waals surface area contributed by atoms with E-state index in [9.17, 15) is 0 Å². The zero-order chi connectivity index (χ0) is 10.1. The second-order valence-corrected chi connectivity index (χ2v) is 4.57. The Balaban J connectivity index is 2.33. The molecule has 0 radical (unpaired) electrons. The quantitative estimate of drug-likeness (QED) is 0.859. The topological polar surface area (TPSA) is 64.9 Å². The van der Waals surface area contributed by atoms with Gasteiger partial charge in [-0.15, -0.1) is 11.3 Å². The van der Waals surface area contributed by atoms with Crippen molar-refractivity contribution in [1.82, 2.24) is 10.1 Å². The van der Waals surface area contributed by atoms with Gasteiger partial charge < -0.3 is 10.3 Å². The molecule has 0 spiro atoms. The fourth-order valence-corrected chi connectivity index (χ4v) is 1.91. The molecular formula is C8H8ClN3OS. The van der Waals surface area contributed by atoms with Crippen LogP contribution in [0.3, 0.4) is 0 Å². The molecule has 4 nitrogen and oxygen atoms in total. The lowest BCUT2D eigenvalue weighted by Gasteiger charge is -1.92. The van der Waals surface area contributed by atoms with E-state index < -0.39 is 0 Å². The molecule has 2 rings (SSSR count). The number of aromatic nitrogens is 2. The third-order valence-electron chi connectivity index (χ3n) is 1.63. The van der Waals surface area contributed by atoms with Gasteiger partial charge in [0.05, 0.1) is 15.3 Å². The summed E-state index contributed by atoms with van der Waals surface area (Å²) in [5.74, 6) is 0.971. The molecule has 0 aliphatic rings. The minimum Gasteiger partial charge on any atom is -0.333 e. The lowest BCUT2D eigenvalue weighted by atomic mass is 10.3. The zero-order valence-electron chi connectivity index (χ0n) is 7.40. The molecule has 1 unspecified atom stereocenters. The highest BCUT2D eigenvalue weighted by Crippen LogP contribution is 2.29. The summed E-state index contributed by atoms with van der Waals surface area (Å²) in [4.78, 5) is 5.00. The highest BCUT2D eigenvalue weighted by Gasteiger charge is 2.12. The predicted octanol–water partition coefficient (Wildman–Crippen LogP) is 2.47. The Morgan fingerprint density at radius 2 is 2.36 bits per heavy atom. The van der Waals surface area contributed by atoms with Crippen LogP contribution in [0.15, 0.2) is 16.7 Å². The van der Waals surface area contributed by atoms with Crippen LogP contribution in [-0.4, -0.2) is 10.1 Å². The molecular weight excluding hydrogens is 222 g/mol. The Kier molecular flexibility index (Phi) is 2.54. The number of hydrogen-bond acceptors (Lipinski definition) is 5. The largest absolute Gasteiger partial charge is 0.333 e. The smallest absolute Gasteiger partial charge is 0.268 e. The Hall–Kier alpha value is -0.910. The van der Waals surface area contributed by atoms with E-state index in [0.29, 0.717) is 16.1 Å². The molecule has 2 N–H and O–H groups in total. The molecule has 0 aromatic carbocycles. The predicted molar refractivity (Wildman–Crippen MR) is 55.2 cm³/mol. The van der Waals surface area contributed by atoms with Crippen LogP contribution in [-0.2, 0) is 0 Å². The number of halogens is 1. The molecule has 0 saturated carbocycles. The second-order valence-electron chi connectivity index (χ2n) is 2.85. The standard InChI is InChI=1S/C8H8ClN3OS/c1-4(10)7-11-8(13-12-7)5-2-3-6(9)14-5/h2-4H,10H2,1H3. The van der Waals surface area contributed by atoms with E-state index in [4.69, 9.17) is 21.9 Å². The molecule has 2 heterocycles. The number of nitrogens with two attached hydrogens (primary N) is 1. The Morgan fingerprint density at radius 1 is 1.57 bits per heavy atom. The first-order valence-electron chi connectivity index (χ1n) is 4.01. The molecule has 14 heavy (non-hydrogen) atoms. The van der Waals surface area contributed by atoms with Gasteiger partial charge in [-0.2, -0.15) is 4.98 Å². The van der Waals surface area contributed by atoms with E-state index in [-0.39, 0.29) is 6.04 Å². The second kappa shape index (κ2) is 3.68. The van der Waals surface area contributed by atoms with Gasteiger partial charge in [-0.05, 0) is 19.1 Å². The summed E-state index contributed by atoms with van der Waals surface area (Å²) in [5, 5.41) is 3.75. The maximum Gasteiger partial charge on any atom is 0.268 e. The molecule has 0 fully saturated rings. The molecule has 0 aliphatic heterocycles. The van der Waals surface area contributed by atoms with E-state index >= 15 is 0 Å². The lowest BCUT2D eigenvalue weighted by Crippen LogP contribution is -2.06.